The summed E-state index contributed by atoms with van der Waals surface area (Å²) in [6, 6.07) is 0. The number of thiazole rings is 1. The number of carbonyl (C=O) groups is 1. The molecule has 0 N–H and O–H groups in total. The van der Waals surface area contributed by atoms with Gasteiger partial charge in [-0.3, -0.25) is 4.79 Å². The van der Waals surface area contributed by atoms with Crippen LogP contribution in [0.25, 0.3) is 0 Å². The molecule has 0 aromatic carbocycles. The molecular formula is C10H15NOS. The van der Waals surface area contributed by atoms with Crippen molar-refractivity contribution in [2.45, 2.75) is 39.0 Å². The third kappa shape index (κ3) is 4.18. The van der Waals surface area contributed by atoms with Crippen LogP contribution in [-0.4, -0.2) is 10.8 Å². The third-order valence-corrected chi connectivity index (χ3v) is 2.70. The van der Waals surface area contributed by atoms with Crippen molar-refractivity contribution in [1.82, 2.24) is 4.98 Å². The lowest BCUT2D eigenvalue weighted by Crippen LogP contribution is -1.97. The number of hydrogen-bond donors (Lipinski definition) is 0. The average molecular weight is 197 g/mol. The molecule has 3 heteroatoms. The molecule has 0 aliphatic rings. The minimum atomic E-state index is 0.388. The standard InChI is InChI=1S/C10H15NOS/c1-2-4-9(12)5-3-6-10-11-7-8-13-10/h7-8H,2-6H2,1H3. The van der Waals surface area contributed by atoms with Gasteiger partial charge in [0.25, 0.3) is 0 Å². The maximum absolute atomic E-state index is 11.2. The predicted molar refractivity (Wildman–Crippen MR) is 55.0 cm³/mol. The molecule has 1 aromatic heterocycles. The Morgan fingerprint density at radius 2 is 2.38 bits per heavy atom. The SMILES string of the molecule is CCCC(=O)CCCc1nccs1. The zero-order chi connectivity index (χ0) is 9.52. The molecule has 1 aromatic rings. The molecule has 0 fully saturated rings. The third-order valence-electron chi connectivity index (χ3n) is 1.86. The Balaban J connectivity index is 2.11. The summed E-state index contributed by atoms with van der Waals surface area (Å²) in [5.41, 5.74) is 0. The second-order valence-corrected chi connectivity index (χ2v) is 4.05. The fraction of sp³-hybridized carbons (Fsp3) is 0.600. The van der Waals surface area contributed by atoms with Crippen molar-refractivity contribution in [3.63, 3.8) is 0 Å². The van der Waals surface area contributed by atoms with Gasteiger partial charge in [0, 0.05) is 24.4 Å². The minimum absolute atomic E-state index is 0.388. The van der Waals surface area contributed by atoms with Crippen molar-refractivity contribution in [3.8, 4) is 0 Å². The first-order valence-electron chi connectivity index (χ1n) is 4.73. The molecule has 0 radical (unpaired) electrons. The lowest BCUT2D eigenvalue weighted by molar-refractivity contribution is -0.119. The summed E-state index contributed by atoms with van der Waals surface area (Å²) in [6.07, 6.45) is 6.13. The van der Waals surface area contributed by atoms with E-state index >= 15 is 0 Å². The summed E-state index contributed by atoms with van der Waals surface area (Å²) < 4.78 is 0. The van der Waals surface area contributed by atoms with E-state index in [1.807, 2.05) is 18.5 Å². The smallest absolute Gasteiger partial charge is 0.132 e. The van der Waals surface area contributed by atoms with E-state index < -0.39 is 0 Å². The zero-order valence-corrected chi connectivity index (χ0v) is 8.77. The molecule has 0 saturated carbocycles. The zero-order valence-electron chi connectivity index (χ0n) is 7.95. The molecular weight excluding hydrogens is 182 g/mol. The lowest BCUT2D eigenvalue weighted by Gasteiger charge is -1.96. The molecule has 72 valence electrons. The number of aromatic nitrogens is 1. The molecule has 0 amide bonds. The number of ketones is 1. The van der Waals surface area contributed by atoms with Crippen LogP contribution in [0.1, 0.15) is 37.6 Å². The Hall–Kier alpha value is -0.700. The first-order chi connectivity index (χ1) is 6.33. The molecule has 2 nitrogen and oxygen atoms in total. The Morgan fingerprint density at radius 3 is 3.00 bits per heavy atom. The second-order valence-electron chi connectivity index (χ2n) is 3.07. The van der Waals surface area contributed by atoms with Gasteiger partial charge in [-0.15, -0.1) is 11.3 Å². The first-order valence-corrected chi connectivity index (χ1v) is 5.61. The monoisotopic (exact) mass is 197 g/mol. The molecule has 1 heterocycles. The summed E-state index contributed by atoms with van der Waals surface area (Å²) in [6.45, 7) is 2.04. The highest BCUT2D eigenvalue weighted by atomic mass is 32.1. The van der Waals surface area contributed by atoms with Crippen LogP contribution in [0.15, 0.2) is 11.6 Å². The Labute approximate surface area is 83.0 Å². The van der Waals surface area contributed by atoms with Gasteiger partial charge >= 0.3 is 0 Å². The van der Waals surface area contributed by atoms with Crippen molar-refractivity contribution in [2.24, 2.45) is 0 Å². The highest BCUT2D eigenvalue weighted by molar-refractivity contribution is 7.09. The molecule has 0 atom stereocenters. The molecule has 0 bridgehead atoms. The maximum atomic E-state index is 11.2. The summed E-state index contributed by atoms with van der Waals surface area (Å²) in [5, 5.41) is 3.12. The number of Topliss-reactive ketones (excluding diaryl/α,β-unsaturated/α-hetero) is 1. The quantitative estimate of drug-likeness (QED) is 0.702. The van der Waals surface area contributed by atoms with Crippen molar-refractivity contribution in [3.05, 3.63) is 16.6 Å². The van der Waals surface area contributed by atoms with E-state index in [-0.39, 0.29) is 0 Å². The van der Waals surface area contributed by atoms with Crippen LogP contribution in [0.2, 0.25) is 0 Å². The molecule has 0 spiro atoms. The van der Waals surface area contributed by atoms with E-state index in [1.54, 1.807) is 11.3 Å². The number of nitrogens with zero attached hydrogens (tertiary/aromatic N) is 1. The first kappa shape index (κ1) is 10.4. The van der Waals surface area contributed by atoms with E-state index in [9.17, 15) is 4.79 Å². The van der Waals surface area contributed by atoms with Gasteiger partial charge in [0.1, 0.15) is 5.78 Å². The normalized spacial score (nSPS) is 10.2. The van der Waals surface area contributed by atoms with E-state index in [0.29, 0.717) is 12.2 Å². The Morgan fingerprint density at radius 1 is 1.54 bits per heavy atom. The molecule has 1 rings (SSSR count). The van der Waals surface area contributed by atoms with E-state index in [2.05, 4.69) is 4.98 Å². The van der Waals surface area contributed by atoms with E-state index in [1.165, 1.54) is 0 Å². The van der Waals surface area contributed by atoms with Gasteiger partial charge in [0.15, 0.2) is 0 Å². The Kier molecular flexibility index (Phi) is 4.68. The van der Waals surface area contributed by atoms with Crippen molar-refractivity contribution >= 4 is 17.1 Å². The van der Waals surface area contributed by atoms with Crippen molar-refractivity contribution in [2.75, 3.05) is 0 Å². The van der Waals surface area contributed by atoms with E-state index in [0.717, 1.165) is 30.7 Å². The van der Waals surface area contributed by atoms with Crippen LogP contribution < -0.4 is 0 Å². The molecule has 0 aliphatic carbocycles. The fourth-order valence-corrected chi connectivity index (χ4v) is 1.88. The maximum Gasteiger partial charge on any atom is 0.132 e. The summed E-state index contributed by atoms with van der Waals surface area (Å²) in [7, 11) is 0. The topological polar surface area (TPSA) is 30.0 Å². The van der Waals surface area contributed by atoms with Gasteiger partial charge in [-0.05, 0) is 19.3 Å². The van der Waals surface area contributed by atoms with Crippen LogP contribution >= 0.6 is 11.3 Å². The van der Waals surface area contributed by atoms with Gasteiger partial charge in [-0.25, -0.2) is 4.98 Å². The van der Waals surface area contributed by atoms with Crippen LogP contribution in [0.4, 0.5) is 0 Å². The largest absolute Gasteiger partial charge is 0.300 e. The predicted octanol–water partition coefficient (Wildman–Crippen LogP) is 2.84. The van der Waals surface area contributed by atoms with Crippen molar-refractivity contribution in [1.29, 1.82) is 0 Å². The fourth-order valence-electron chi connectivity index (χ4n) is 1.22. The van der Waals surface area contributed by atoms with Gasteiger partial charge in [0.05, 0.1) is 5.01 Å². The molecule has 0 unspecified atom stereocenters. The molecule has 13 heavy (non-hydrogen) atoms. The van der Waals surface area contributed by atoms with Crippen LogP contribution in [-0.2, 0) is 11.2 Å². The lowest BCUT2D eigenvalue weighted by atomic mass is 10.1. The number of carbonyl (C=O) groups excluding carboxylic acids is 1. The van der Waals surface area contributed by atoms with Crippen molar-refractivity contribution < 1.29 is 4.79 Å². The second kappa shape index (κ2) is 5.86. The molecule has 0 aliphatic heterocycles. The van der Waals surface area contributed by atoms with Crippen LogP contribution in [0, 0.1) is 0 Å². The number of aryl methyl sites for hydroxylation is 1. The summed E-state index contributed by atoms with van der Waals surface area (Å²) in [4.78, 5) is 15.3. The Bertz CT molecular complexity index is 243. The van der Waals surface area contributed by atoms with Gasteiger partial charge in [0.2, 0.25) is 0 Å². The minimum Gasteiger partial charge on any atom is -0.300 e. The summed E-state index contributed by atoms with van der Waals surface area (Å²) in [5.74, 6) is 0.388. The van der Waals surface area contributed by atoms with Crippen LogP contribution in [0.5, 0.6) is 0 Å². The van der Waals surface area contributed by atoms with Gasteiger partial charge in [-0.2, -0.15) is 0 Å². The van der Waals surface area contributed by atoms with E-state index in [4.69, 9.17) is 0 Å². The number of hydrogen-bond acceptors (Lipinski definition) is 3. The highest BCUT2D eigenvalue weighted by Gasteiger charge is 2.01. The number of rotatable bonds is 6. The highest BCUT2D eigenvalue weighted by Crippen LogP contribution is 2.09. The average Bonchev–Trinajstić information content (AvgIpc) is 2.57. The van der Waals surface area contributed by atoms with Gasteiger partial charge in [-0.1, -0.05) is 6.92 Å². The molecule has 0 saturated heterocycles. The van der Waals surface area contributed by atoms with Crippen LogP contribution in [0.3, 0.4) is 0 Å². The van der Waals surface area contributed by atoms with Gasteiger partial charge < -0.3 is 0 Å². The summed E-state index contributed by atoms with van der Waals surface area (Å²) >= 11 is 1.67.